The highest BCUT2D eigenvalue weighted by atomic mass is 127. The Morgan fingerprint density at radius 2 is 2.27 bits per heavy atom. The number of nitrogens with zero attached hydrogens (tertiary/aromatic N) is 2. The highest BCUT2D eigenvalue weighted by Crippen LogP contribution is 2.10. The van der Waals surface area contributed by atoms with Crippen LogP contribution in [0.5, 0.6) is 0 Å². The molecule has 1 aromatic heterocycles. The minimum Gasteiger partial charge on any atom is -0.469 e. The zero-order chi connectivity index (χ0) is 14.9. The molecule has 1 aliphatic rings. The van der Waals surface area contributed by atoms with Crippen molar-refractivity contribution in [3.63, 3.8) is 0 Å². The molecule has 7 heteroatoms. The lowest BCUT2D eigenvalue weighted by Gasteiger charge is -2.32. The van der Waals surface area contributed by atoms with Crippen molar-refractivity contribution >= 4 is 29.9 Å². The second kappa shape index (κ2) is 10.8. The summed E-state index contributed by atoms with van der Waals surface area (Å²) in [5, 5.41) is 13.0. The minimum absolute atomic E-state index is 0. The first-order chi connectivity index (χ1) is 10.3. The fourth-order valence-electron chi connectivity index (χ4n) is 2.34. The zero-order valence-electron chi connectivity index (χ0n) is 13.0. The Hall–Kier alpha value is -0.800. The second-order valence-electron chi connectivity index (χ2n) is 5.17. The lowest BCUT2D eigenvalue weighted by Crippen LogP contribution is -2.47. The van der Waals surface area contributed by atoms with E-state index in [2.05, 4.69) is 15.2 Å². The lowest BCUT2D eigenvalue weighted by molar-refractivity contribution is 0.107. The van der Waals surface area contributed by atoms with Gasteiger partial charge in [-0.3, -0.25) is 4.99 Å². The molecule has 0 aliphatic carbocycles. The third-order valence-electron chi connectivity index (χ3n) is 3.56. The quantitative estimate of drug-likeness (QED) is 0.314. The minimum atomic E-state index is -0.176. The summed E-state index contributed by atoms with van der Waals surface area (Å²) >= 11 is 0. The number of halogens is 1. The maximum Gasteiger partial charge on any atom is 0.194 e. The van der Waals surface area contributed by atoms with Gasteiger partial charge in [0.15, 0.2) is 5.96 Å². The number of methoxy groups -OCH3 is 1. The van der Waals surface area contributed by atoms with E-state index in [-0.39, 0.29) is 30.1 Å². The molecule has 2 rings (SSSR count). The van der Waals surface area contributed by atoms with E-state index in [0.717, 1.165) is 50.6 Å². The number of hydrogen-bond donors (Lipinski definition) is 2. The highest BCUT2D eigenvalue weighted by molar-refractivity contribution is 14.0. The topological polar surface area (TPSA) is 70.2 Å². The van der Waals surface area contributed by atoms with E-state index in [1.807, 2.05) is 12.1 Å². The van der Waals surface area contributed by atoms with Crippen LogP contribution < -0.4 is 5.32 Å². The van der Waals surface area contributed by atoms with Gasteiger partial charge in [0.1, 0.15) is 5.76 Å². The number of nitrogens with one attached hydrogen (secondary N) is 1. The standard InChI is InChI=1S/C15H25N3O3.HI/c1-20-12-8-17-15(18-9-5-13(19)6-10-18)16-7-4-14-3-2-11-21-14;/h2-3,11,13,19H,4-10,12H2,1H3,(H,16,17);1H. The fourth-order valence-corrected chi connectivity index (χ4v) is 2.34. The summed E-state index contributed by atoms with van der Waals surface area (Å²) in [5.41, 5.74) is 0. The Kier molecular flexibility index (Phi) is 9.49. The number of aliphatic hydroxyl groups is 1. The third-order valence-corrected chi connectivity index (χ3v) is 3.56. The van der Waals surface area contributed by atoms with Gasteiger partial charge in [-0.1, -0.05) is 0 Å². The van der Waals surface area contributed by atoms with Crippen molar-refractivity contribution in [2.75, 3.05) is 39.9 Å². The fraction of sp³-hybridized carbons (Fsp3) is 0.667. The van der Waals surface area contributed by atoms with Gasteiger partial charge < -0.3 is 24.5 Å². The van der Waals surface area contributed by atoms with Crippen LogP contribution in [0.2, 0.25) is 0 Å². The molecule has 0 bridgehead atoms. The first kappa shape index (κ1) is 19.2. The van der Waals surface area contributed by atoms with Crippen molar-refractivity contribution < 1.29 is 14.3 Å². The number of rotatable bonds is 6. The number of aliphatic imine (C=N–C) groups is 1. The Morgan fingerprint density at radius 3 is 2.91 bits per heavy atom. The number of aliphatic hydroxyl groups excluding tert-OH is 1. The van der Waals surface area contributed by atoms with Crippen LogP contribution in [-0.2, 0) is 11.2 Å². The maximum absolute atomic E-state index is 9.60. The Labute approximate surface area is 148 Å². The highest BCUT2D eigenvalue weighted by Gasteiger charge is 2.19. The van der Waals surface area contributed by atoms with E-state index in [9.17, 15) is 5.11 Å². The smallest absolute Gasteiger partial charge is 0.194 e. The summed E-state index contributed by atoms with van der Waals surface area (Å²) in [7, 11) is 1.68. The number of ether oxygens (including phenoxy) is 1. The molecule has 2 N–H and O–H groups in total. The Morgan fingerprint density at radius 1 is 1.50 bits per heavy atom. The van der Waals surface area contributed by atoms with Gasteiger partial charge in [-0.15, -0.1) is 24.0 Å². The van der Waals surface area contributed by atoms with Gasteiger partial charge in [-0.05, 0) is 25.0 Å². The molecular weight excluding hydrogens is 397 g/mol. The summed E-state index contributed by atoms with van der Waals surface area (Å²) in [6, 6.07) is 3.87. The van der Waals surface area contributed by atoms with Crippen molar-refractivity contribution in [3.8, 4) is 0 Å². The molecule has 0 saturated carbocycles. The van der Waals surface area contributed by atoms with Gasteiger partial charge in [0.2, 0.25) is 0 Å². The molecular formula is C15H26IN3O3. The number of furan rings is 1. The van der Waals surface area contributed by atoms with E-state index >= 15 is 0 Å². The van der Waals surface area contributed by atoms with Gasteiger partial charge in [-0.25, -0.2) is 0 Å². The van der Waals surface area contributed by atoms with Crippen LogP contribution >= 0.6 is 24.0 Å². The maximum atomic E-state index is 9.60. The predicted molar refractivity (Wildman–Crippen MR) is 96.8 cm³/mol. The van der Waals surface area contributed by atoms with Crippen LogP contribution in [-0.4, -0.2) is 62.0 Å². The number of piperidine rings is 1. The second-order valence-corrected chi connectivity index (χ2v) is 5.17. The SMILES string of the molecule is COCCN=C(NCCc1ccco1)N1CCC(O)CC1.I. The van der Waals surface area contributed by atoms with Crippen LogP contribution in [0.25, 0.3) is 0 Å². The molecule has 6 nitrogen and oxygen atoms in total. The van der Waals surface area contributed by atoms with Crippen molar-refractivity contribution in [1.29, 1.82) is 0 Å². The van der Waals surface area contributed by atoms with E-state index < -0.39 is 0 Å². The van der Waals surface area contributed by atoms with E-state index in [0.29, 0.717) is 13.2 Å². The molecule has 0 spiro atoms. The summed E-state index contributed by atoms with van der Waals surface area (Å²) in [4.78, 5) is 6.77. The molecule has 0 atom stereocenters. The first-order valence-electron chi connectivity index (χ1n) is 7.52. The molecule has 1 aliphatic heterocycles. The van der Waals surface area contributed by atoms with E-state index in [4.69, 9.17) is 9.15 Å². The zero-order valence-corrected chi connectivity index (χ0v) is 15.4. The largest absolute Gasteiger partial charge is 0.469 e. The van der Waals surface area contributed by atoms with Crippen LogP contribution in [0.3, 0.4) is 0 Å². The van der Waals surface area contributed by atoms with Crippen LogP contribution in [0.4, 0.5) is 0 Å². The van der Waals surface area contributed by atoms with Crippen LogP contribution in [0, 0.1) is 0 Å². The van der Waals surface area contributed by atoms with Gasteiger partial charge in [0, 0.05) is 33.2 Å². The molecule has 1 aromatic rings. The van der Waals surface area contributed by atoms with Gasteiger partial charge in [-0.2, -0.15) is 0 Å². The molecule has 2 heterocycles. The van der Waals surface area contributed by atoms with Gasteiger partial charge in [0.05, 0.1) is 25.5 Å². The monoisotopic (exact) mass is 423 g/mol. The Balaban J connectivity index is 0.00000242. The molecule has 0 radical (unpaired) electrons. The van der Waals surface area contributed by atoms with Crippen molar-refractivity contribution in [1.82, 2.24) is 10.2 Å². The van der Waals surface area contributed by atoms with E-state index in [1.165, 1.54) is 0 Å². The van der Waals surface area contributed by atoms with Crippen LogP contribution in [0.1, 0.15) is 18.6 Å². The summed E-state index contributed by atoms with van der Waals surface area (Å²) in [5.74, 6) is 1.86. The van der Waals surface area contributed by atoms with Gasteiger partial charge >= 0.3 is 0 Å². The molecule has 126 valence electrons. The normalized spacial score (nSPS) is 16.5. The van der Waals surface area contributed by atoms with Crippen molar-refractivity contribution in [3.05, 3.63) is 24.2 Å². The molecule has 0 amide bonds. The molecule has 22 heavy (non-hydrogen) atoms. The molecule has 1 fully saturated rings. The summed E-state index contributed by atoms with van der Waals surface area (Å²) in [6.45, 7) is 3.69. The predicted octanol–water partition coefficient (Wildman–Crippen LogP) is 1.49. The number of hydrogen-bond acceptors (Lipinski definition) is 4. The van der Waals surface area contributed by atoms with E-state index in [1.54, 1.807) is 13.4 Å². The summed E-state index contributed by atoms with van der Waals surface area (Å²) < 4.78 is 10.4. The average Bonchev–Trinajstić information content (AvgIpc) is 3.00. The molecule has 0 aromatic carbocycles. The molecule has 0 unspecified atom stereocenters. The third kappa shape index (κ3) is 6.53. The summed E-state index contributed by atoms with van der Waals surface area (Å²) in [6.07, 6.45) is 3.93. The molecule has 1 saturated heterocycles. The number of likely N-dealkylation sites (tertiary alicyclic amines) is 1. The van der Waals surface area contributed by atoms with Crippen molar-refractivity contribution in [2.24, 2.45) is 4.99 Å². The van der Waals surface area contributed by atoms with Gasteiger partial charge in [0.25, 0.3) is 0 Å². The van der Waals surface area contributed by atoms with Crippen molar-refractivity contribution in [2.45, 2.75) is 25.4 Å². The average molecular weight is 423 g/mol. The lowest BCUT2D eigenvalue weighted by atomic mass is 10.1. The van der Waals surface area contributed by atoms with Crippen LogP contribution in [0.15, 0.2) is 27.8 Å². The number of guanidine groups is 1. The first-order valence-corrected chi connectivity index (χ1v) is 7.52. The Bertz CT molecular complexity index is 418.